The van der Waals surface area contributed by atoms with Gasteiger partial charge in [0.2, 0.25) is 0 Å². The Morgan fingerprint density at radius 1 is 1.20 bits per heavy atom. The van der Waals surface area contributed by atoms with Crippen molar-refractivity contribution in [2.75, 3.05) is 7.11 Å². The molecule has 30 heavy (non-hydrogen) atoms. The Bertz CT molecular complexity index is 1000. The third-order valence-electron chi connectivity index (χ3n) is 5.95. The second-order valence-electron chi connectivity index (χ2n) is 7.87. The number of esters is 1. The molecule has 1 saturated carbocycles. The van der Waals surface area contributed by atoms with Crippen LogP contribution in [0.15, 0.2) is 58.6 Å². The molecule has 2 aromatic heterocycles. The van der Waals surface area contributed by atoms with E-state index in [1.165, 1.54) is 53.8 Å². The van der Waals surface area contributed by atoms with Crippen LogP contribution in [0, 0.1) is 0 Å². The summed E-state index contributed by atoms with van der Waals surface area (Å²) in [6.45, 7) is 0. The molecule has 0 bridgehead atoms. The van der Waals surface area contributed by atoms with Crippen LogP contribution in [0.4, 0.5) is 0 Å². The van der Waals surface area contributed by atoms with E-state index in [0.717, 1.165) is 5.84 Å². The molecule has 2 aliphatic heterocycles. The summed E-state index contributed by atoms with van der Waals surface area (Å²) in [5.41, 5.74) is 0.537. The maximum atomic E-state index is 12.0. The number of hydrogen-bond acceptors (Lipinski definition) is 7. The van der Waals surface area contributed by atoms with E-state index in [2.05, 4.69) is 39.9 Å². The van der Waals surface area contributed by atoms with Gasteiger partial charge in [-0.25, -0.2) is 4.79 Å². The van der Waals surface area contributed by atoms with Gasteiger partial charge in [0.15, 0.2) is 0 Å². The number of carbonyl (C=O) groups excluding carboxylic acids is 1. The van der Waals surface area contributed by atoms with Gasteiger partial charge in [0.25, 0.3) is 0 Å². The molecule has 0 saturated heterocycles. The molecule has 0 spiro atoms. The van der Waals surface area contributed by atoms with E-state index < -0.39 is 0 Å². The van der Waals surface area contributed by atoms with Crippen molar-refractivity contribution < 1.29 is 9.53 Å². The number of nitrogens with zero attached hydrogens (tertiary/aromatic N) is 2. The van der Waals surface area contributed by atoms with Gasteiger partial charge in [-0.05, 0) is 48.6 Å². The van der Waals surface area contributed by atoms with E-state index in [-0.39, 0.29) is 18.2 Å². The zero-order valence-electron chi connectivity index (χ0n) is 16.9. The number of amidine groups is 1. The number of methoxy groups -OCH3 is 1. The van der Waals surface area contributed by atoms with Crippen molar-refractivity contribution in [3.8, 4) is 9.75 Å². The fraction of sp³-hybridized carbons (Fsp3) is 0.391. The maximum absolute atomic E-state index is 12.0. The van der Waals surface area contributed by atoms with Gasteiger partial charge >= 0.3 is 5.97 Å². The highest BCUT2D eigenvalue weighted by Gasteiger charge is 2.39. The van der Waals surface area contributed by atoms with Crippen molar-refractivity contribution >= 4 is 34.5 Å². The highest BCUT2D eigenvalue weighted by atomic mass is 32.1. The lowest BCUT2D eigenvalue weighted by Crippen LogP contribution is -2.49. The van der Waals surface area contributed by atoms with Gasteiger partial charge in [-0.1, -0.05) is 25.3 Å². The van der Waals surface area contributed by atoms with Gasteiger partial charge in [-0.2, -0.15) is 0 Å². The number of rotatable bonds is 5. The van der Waals surface area contributed by atoms with Crippen LogP contribution in [0.5, 0.6) is 0 Å². The predicted molar refractivity (Wildman–Crippen MR) is 123 cm³/mol. The van der Waals surface area contributed by atoms with Crippen LogP contribution in [0.25, 0.3) is 9.75 Å². The Hall–Kier alpha value is -2.22. The average Bonchev–Trinajstić information content (AvgIpc) is 3.53. The molecule has 3 aliphatic rings. The quantitative estimate of drug-likeness (QED) is 0.658. The van der Waals surface area contributed by atoms with Crippen LogP contribution in [-0.4, -0.2) is 36.0 Å². The summed E-state index contributed by atoms with van der Waals surface area (Å²) in [5.74, 6) is 0.493. The smallest absolute Gasteiger partial charge is 0.338 e. The molecule has 156 valence electrons. The number of carbonyl (C=O) groups is 1. The fourth-order valence-corrected chi connectivity index (χ4v) is 6.32. The summed E-state index contributed by atoms with van der Waals surface area (Å²) in [5, 5.41) is 6.00. The minimum Gasteiger partial charge on any atom is -0.465 e. The van der Waals surface area contributed by atoms with Gasteiger partial charge < -0.3 is 9.64 Å². The van der Waals surface area contributed by atoms with E-state index in [0.29, 0.717) is 11.6 Å². The Labute approximate surface area is 184 Å². The molecule has 4 heterocycles. The van der Waals surface area contributed by atoms with Crippen molar-refractivity contribution in [2.45, 2.75) is 50.4 Å². The monoisotopic (exact) mass is 439 g/mol. The molecule has 7 heteroatoms. The fourth-order valence-electron chi connectivity index (χ4n) is 4.41. The molecular formula is C23H25N3O2S2. The minimum absolute atomic E-state index is 0.00136. The van der Waals surface area contributed by atoms with Gasteiger partial charge in [-0.15, -0.1) is 22.7 Å². The van der Waals surface area contributed by atoms with Gasteiger partial charge in [0, 0.05) is 26.9 Å². The highest BCUT2D eigenvalue weighted by molar-refractivity contribution is 7.21. The van der Waals surface area contributed by atoms with Crippen LogP contribution >= 0.6 is 22.7 Å². The second kappa shape index (κ2) is 8.49. The Kier molecular flexibility index (Phi) is 5.58. The molecule has 0 aromatic carbocycles. The molecule has 2 atom stereocenters. The number of ether oxygens (including phenoxy) is 1. The SMILES string of the molecule is COC(=O)C1=CC2=NC(c3ccc(-c4cccs4)s3)C(NC3CCCCC3)N2C=C1. The summed E-state index contributed by atoms with van der Waals surface area (Å²) in [6, 6.07) is 9.17. The Morgan fingerprint density at radius 3 is 2.83 bits per heavy atom. The molecule has 1 N–H and O–H groups in total. The van der Waals surface area contributed by atoms with E-state index in [1.807, 2.05) is 29.7 Å². The number of thiophene rings is 2. The van der Waals surface area contributed by atoms with Gasteiger partial charge in [-0.3, -0.25) is 10.3 Å². The molecule has 5 rings (SSSR count). The van der Waals surface area contributed by atoms with Crippen LogP contribution in [-0.2, 0) is 9.53 Å². The third kappa shape index (κ3) is 3.77. The Morgan fingerprint density at radius 2 is 2.07 bits per heavy atom. The topological polar surface area (TPSA) is 53.9 Å². The first-order chi connectivity index (χ1) is 14.7. The van der Waals surface area contributed by atoms with Gasteiger partial charge in [0.05, 0.1) is 12.7 Å². The number of fused-ring (bicyclic) bond motifs is 1. The van der Waals surface area contributed by atoms with Crippen LogP contribution in [0.3, 0.4) is 0 Å². The summed E-state index contributed by atoms with van der Waals surface area (Å²) in [4.78, 5) is 23.1. The normalized spacial score (nSPS) is 23.8. The van der Waals surface area contributed by atoms with Gasteiger partial charge in [0.1, 0.15) is 18.0 Å². The maximum Gasteiger partial charge on any atom is 0.338 e. The number of nitrogens with one attached hydrogen (secondary N) is 1. The molecule has 2 aromatic rings. The summed E-state index contributed by atoms with van der Waals surface area (Å²) in [6.07, 6.45) is 12.0. The van der Waals surface area contributed by atoms with E-state index in [4.69, 9.17) is 9.73 Å². The van der Waals surface area contributed by atoms with Crippen molar-refractivity contribution in [2.24, 2.45) is 4.99 Å². The van der Waals surface area contributed by atoms with Crippen molar-refractivity contribution in [1.82, 2.24) is 10.2 Å². The molecule has 0 radical (unpaired) electrons. The number of aliphatic imine (C=N–C) groups is 1. The predicted octanol–water partition coefficient (Wildman–Crippen LogP) is 5.11. The van der Waals surface area contributed by atoms with E-state index >= 15 is 0 Å². The zero-order chi connectivity index (χ0) is 20.5. The van der Waals surface area contributed by atoms with Crippen molar-refractivity contribution in [3.05, 3.63) is 58.4 Å². The lowest BCUT2D eigenvalue weighted by atomic mass is 9.95. The summed E-state index contributed by atoms with van der Waals surface area (Å²) >= 11 is 3.57. The first kappa shape index (κ1) is 19.7. The second-order valence-corrected chi connectivity index (χ2v) is 9.94. The molecule has 0 amide bonds. The standard InChI is InChI=1S/C23H25N3O2S2/c1-28-23(27)15-11-12-26-20(14-15)25-21(22(26)24-16-6-3-2-4-7-16)19-10-9-18(30-19)17-8-5-13-29-17/h5,8-14,16,21-22,24H,2-4,6-7H2,1H3. The van der Waals surface area contributed by atoms with Crippen molar-refractivity contribution in [1.29, 1.82) is 0 Å². The summed E-state index contributed by atoms with van der Waals surface area (Å²) < 4.78 is 4.90. The molecule has 5 nitrogen and oxygen atoms in total. The first-order valence-electron chi connectivity index (χ1n) is 10.5. The lowest BCUT2D eigenvalue weighted by molar-refractivity contribution is -0.135. The average molecular weight is 440 g/mol. The van der Waals surface area contributed by atoms with Crippen molar-refractivity contribution in [3.63, 3.8) is 0 Å². The number of hydrogen-bond donors (Lipinski definition) is 1. The molecule has 1 fully saturated rings. The third-order valence-corrected chi connectivity index (χ3v) is 8.17. The molecule has 1 aliphatic carbocycles. The van der Waals surface area contributed by atoms with E-state index in [1.54, 1.807) is 11.3 Å². The Balaban J connectivity index is 1.46. The minimum atomic E-state index is -0.329. The largest absolute Gasteiger partial charge is 0.465 e. The highest BCUT2D eigenvalue weighted by Crippen LogP contribution is 2.40. The van der Waals surface area contributed by atoms with Crippen LogP contribution in [0.1, 0.15) is 43.0 Å². The zero-order valence-corrected chi connectivity index (χ0v) is 18.5. The van der Waals surface area contributed by atoms with Crippen LogP contribution < -0.4 is 5.32 Å². The van der Waals surface area contributed by atoms with E-state index in [9.17, 15) is 4.79 Å². The summed E-state index contributed by atoms with van der Waals surface area (Å²) in [7, 11) is 1.41. The van der Waals surface area contributed by atoms with Crippen LogP contribution in [0.2, 0.25) is 0 Å². The first-order valence-corrected chi connectivity index (χ1v) is 12.2. The molecule has 2 unspecified atom stereocenters. The molecular weight excluding hydrogens is 414 g/mol. The lowest BCUT2D eigenvalue weighted by Gasteiger charge is -2.34.